The van der Waals surface area contributed by atoms with Crippen LogP contribution in [0.3, 0.4) is 0 Å². The fraction of sp³-hybridized carbons (Fsp3) is 0.368. The van der Waals surface area contributed by atoms with Crippen molar-refractivity contribution in [1.29, 1.82) is 0 Å². The lowest BCUT2D eigenvalue weighted by molar-refractivity contribution is 0.323. The minimum atomic E-state index is -3.63. The molecular formula is C19H26N2O2S. The van der Waals surface area contributed by atoms with Gasteiger partial charge < -0.3 is 5.73 Å². The Morgan fingerprint density at radius 1 is 1.12 bits per heavy atom. The molecule has 0 saturated carbocycles. The van der Waals surface area contributed by atoms with Crippen molar-refractivity contribution in [3.05, 3.63) is 59.2 Å². The molecule has 0 amide bonds. The highest BCUT2D eigenvalue weighted by atomic mass is 32.2. The van der Waals surface area contributed by atoms with E-state index in [-0.39, 0.29) is 6.04 Å². The van der Waals surface area contributed by atoms with Crippen LogP contribution in [0, 0.1) is 13.8 Å². The number of hydrogen-bond donors (Lipinski definition) is 1. The molecule has 0 aliphatic rings. The van der Waals surface area contributed by atoms with Crippen LogP contribution < -0.4 is 5.73 Å². The van der Waals surface area contributed by atoms with Gasteiger partial charge in [0.25, 0.3) is 0 Å². The number of sulfonamides is 1. The summed E-state index contributed by atoms with van der Waals surface area (Å²) in [6.07, 6.45) is 0.742. The van der Waals surface area contributed by atoms with Crippen molar-refractivity contribution in [2.45, 2.75) is 51.6 Å². The maximum absolute atomic E-state index is 13.3. The first-order valence-corrected chi connectivity index (χ1v) is 9.63. The molecule has 0 heterocycles. The molecular weight excluding hydrogens is 320 g/mol. The van der Waals surface area contributed by atoms with Crippen molar-refractivity contribution in [3.63, 3.8) is 0 Å². The van der Waals surface area contributed by atoms with E-state index in [9.17, 15) is 8.42 Å². The van der Waals surface area contributed by atoms with Gasteiger partial charge in [0.2, 0.25) is 10.0 Å². The van der Waals surface area contributed by atoms with Gasteiger partial charge in [-0.05, 0) is 56.0 Å². The van der Waals surface area contributed by atoms with Crippen LogP contribution in [0.25, 0.3) is 0 Å². The molecule has 2 aromatic rings. The summed E-state index contributed by atoms with van der Waals surface area (Å²) < 4.78 is 28.2. The van der Waals surface area contributed by atoms with Gasteiger partial charge >= 0.3 is 0 Å². The van der Waals surface area contributed by atoms with Crippen LogP contribution in [0.1, 0.15) is 37.0 Å². The lowest BCUT2D eigenvalue weighted by Crippen LogP contribution is -2.38. The van der Waals surface area contributed by atoms with E-state index >= 15 is 0 Å². The Morgan fingerprint density at radius 2 is 1.75 bits per heavy atom. The van der Waals surface area contributed by atoms with Gasteiger partial charge in [0.15, 0.2) is 0 Å². The Kier molecular flexibility index (Phi) is 5.67. The van der Waals surface area contributed by atoms with Crippen LogP contribution in [0.15, 0.2) is 47.4 Å². The summed E-state index contributed by atoms with van der Waals surface area (Å²) in [5.74, 6) is 0. The molecule has 2 aromatic carbocycles. The predicted molar refractivity (Wildman–Crippen MR) is 99.3 cm³/mol. The Hall–Kier alpha value is -1.85. The summed E-state index contributed by atoms with van der Waals surface area (Å²) in [5.41, 5.74) is 8.94. The third-order valence-corrected chi connectivity index (χ3v) is 6.48. The number of hydrogen-bond acceptors (Lipinski definition) is 3. The number of anilines is 1. The van der Waals surface area contributed by atoms with Crippen molar-refractivity contribution in [1.82, 2.24) is 4.31 Å². The molecule has 0 saturated heterocycles. The van der Waals surface area contributed by atoms with E-state index in [1.807, 2.05) is 51.1 Å². The smallest absolute Gasteiger partial charge is 0.243 e. The van der Waals surface area contributed by atoms with E-state index in [0.717, 1.165) is 17.5 Å². The number of nitrogens with two attached hydrogens (primary N) is 1. The van der Waals surface area contributed by atoms with Gasteiger partial charge in [-0.3, -0.25) is 0 Å². The molecule has 1 atom stereocenters. The van der Waals surface area contributed by atoms with E-state index in [0.29, 0.717) is 22.7 Å². The number of nitrogen functional groups attached to an aromatic ring is 1. The molecule has 0 fully saturated rings. The van der Waals surface area contributed by atoms with Crippen LogP contribution in [0.5, 0.6) is 0 Å². The van der Waals surface area contributed by atoms with Gasteiger partial charge in [0, 0.05) is 18.3 Å². The Bertz CT molecular complexity index is 802. The molecule has 0 aromatic heterocycles. The van der Waals surface area contributed by atoms with Crippen LogP contribution in [0.4, 0.5) is 5.69 Å². The van der Waals surface area contributed by atoms with Crippen LogP contribution in [-0.4, -0.2) is 18.8 Å². The van der Waals surface area contributed by atoms with E-state index < -0.39 is 10.0 Å². The summed E-state index contributed by atoms with van der Waals surface area (Å²) in [7, 11) is -3.63. The van der Waals surface area contributed by atoms with E-state index in [1.165, 1.54) is 0 Å². The predicted octanol–water partition coefficient (Wildman–Crippen LogP) is 3.88. The Morgan fingerprint density at radius 3 is 2.33 bits per heavy atom. The fourth-order valence-corrected chi connectivity index (χ4v) is 4.73. The second kappa shape index (κ2) is 7.36. The monoisotopic (exact) mass is 346 g/mol. The molecule has 2 rings (SSSR count). The number of rotatable bonds is 6. The normalized spacial score (nSPS) is 13.2. The zero-order valence-corrected chi connectivity index (χ0v) is 15.6. The first-order chi connectivity index (χ1) is 11.3. The van der Waals surface area contributed by atoms with Crippen molar-refractivity contribution < 1.29 is 8.42 Å². The van der Waals surface area contributed by atoms with Gasteiger partial charge in [-0.2, -0.15) is 4.31 Å². The second-order valence-corrected chi connectivity index (χ2v) is 8.13. The van der Waals surface area contributed by atoms with Gasteiger partial charge in [-0.15, -0.1) is 0 Å². The van der Waals surface area contributed by atoms with Crippen molar-refractivity contribution in [2.75, 3.05) is 5.73 Å². The number of aryl methyl sites for hydroxylation is 1. The fourth-order valence-electron chi connectivity index (χ4n) is 2.69. The molecule has 130 valence electrons. The highest BCUT2D eigenvalue weighted by Gasteiger charge is 2.30. The maximum Gasteiger partial charge on any atom is 0.243 e. The molecule has 2 N–H and O–H groups in total. The molecule has 0 spiro atoms. The average molecular weight is 346 g/mol. The minimum Gasteiger partial charge on any atom is -0.398 e. The summed E-state index contributed by atoms with van der Waals surface area (Å²) in [4.78, 5) is 0.302. The largest absolute Gasteiger partial charge is 0.398 e. The molecule has 0 aliphatic heterocycles. The third-order valence-electron chi connectivity index (χ3n) is 4.39. The summed E-state index contributed by atoms with van der Waals surface area (Å²) in [5, 5.41) is 0. The average Bonchev–Trinajstić information content (AvgIpc) is 2.56. The SMILES string of the molecule is CCC(C)N(Cc1ccccc1)S(=O)(=O)c1cc(C)cc(N)c1C. The highest BCUT2D eigenvalue weighted by molar-refractivity contribution is 7.89. The molecule has 0 aliphatic carbocycles. The Labute approximate surface area is 145 Å². The highest BCUT2D eigenvalue weighted by Crippen LogP contribution is 2.28. The lowest BCUT2D eigenvalue weighted by Gasteiger charge is -2.29. The molecule has 24 heavy (non-hydrogen) atoms. The van der Waals surface area contributed by atoms with E-state index in [2.05, 4.69) is 0 Å². The first kappa shape index (κ1) is 18.5. The molecule has 1 unspecified atom stereocenters. The van der Waals surface area contributed by atoms with Gasteiger partial charge in [0.1, 0.15) is 0 Å². The first-order valence-electron chi connectivity index (χ1n) is 8.19. The van der Waals surface area contributed by atoms with E-state index in [4.69, 9.17) is 5.73 Å². The second-order valence-electron chi connectivity index (χ2n) is 6.27. The minimum absolute atomic E-state index is 0.101. The number of nitrogens with zero attached hydrogens (tertiary/aromatic N) is 1. The van der Waals surface area contributed by atoms with Crippen LogP contribution >= 0.6 is 0 Å². The van der Waals surface area contributed by atoms with Gasteiger partial charge in [0.05, 0.1) is 4.90 Å². The van der Waals surface area contributed by atoms with Crippen LogP contribution in [0.2, 0.25) is 0 Å². The molecule has 4 nitrogen and oxygen atoms in total. The topological polar surface area (TPSA) is 63.4 Å². The standard InChI is InChI=1S/C19H26N2O2S/c1-5-15(3)21(13-17-9-7-6-8-10-17)24(22,23)19-12-14(2)11-18(20)16(19)4/h6-12,15H,5,13,20H2,1-4H3. The zero-order valence-electron chi connectivity index (χ0n) is 14.8. The zero-order chi connectivity index (χ0) is 17.9. The van der Waals surface area contributed by atoms with E-state index in [1.54, 1.807) is 23.4 Å². The van der Waals surface area contributed by atoms with Gasteiger partial charge in [-0.25, -0.2) is 8.42 Å². The summed E-state index contributed by atoms with van der Waals surface area (Å²) in [6, 6.07) is 13.1. The quantitative estimate of drug-likeness (QED) is 0.808. The molecule has 0 bridgehead atoms. The number of benzene rings is 2. The van der Waals surface area contributed by atoms with Crippen molar-refractivity contribution >= 4 is 15.7 Å². The van der Waals surface area contributed by atoms with Crippen molar-refractivity contribution in [2.24, 2.45) is 0 Å². The molecule has 5 heteroatoms. The summed E-state index contributed by atoms with van der Waals surface area (Å²) in [6.45, 7) is 7.91. The van der Waals surface area contributed by atoms with Crippen LogP contribution in [-0.2, 0) is 16.6 Å². The summed E-state index contributed by atoms with van der Waals surface area (Å²) >= 11 is 0. The third kappa shape index (κ3) is 3.79. The maximum atomic E-state index is 13.3. The lowest BCUT2D eigenvalue weighted by atomic mass is 10.1. The molecule has 0 radical (unpaired) electrons. The van der Waals surface area contributed by atoms with Crippen molar-refractivity contribution in [3.8, 4) is 0 Å². The Balaban J connectivity index is 2.52. The van der Waals surface area contributed by atoms with Gasteiger partial charge in [-0.1, -0.05) is 37.3 Å².